The van der Waals surface area contributed by atoms with E-state index in [1.165, 1.54) is 0 Å². The first-order valence-corrected chi connectivity index (χ1v) is 8.74. The van der Waals surface area contributed by atoms with Crippen molar-refractivity contribution in [1.82, 2.24) is 5.32 Å². The van der Waals surface area contributed by atoms with Crippen molar-refractivity contribution in [3.05, 3.63) is 65.7 Å². The molecular formula is C22H29NO2. The number of hydrogen-bond acceptors (Lipinski definition) is 2. The molecule has 0 aliphatic heterocycles. The zero-order valence-corrected chi connectivity index (χ0v) is 15.9. The largest absolute Gasteiger partial charge is 0.489 e. The van der Waals surface area contributed by atoms with Gasteiger partial charge in [0.15, 0.2) is 0 Å². The van der Waals surface area contributed by atoms with Crippen molar-refractivity contribution in [2.24, 2.45) is 5.41 Å². The third-order valence-electron chi connectivity index (χ3n) is 3.77. The van der Waals surface area contributed by atoms with Crippen LogP contribution in [-0.2, 0) is 6.61 Å². The van der Waals surface area contributed by atoms with Gasteiger partial charge in [-0.3, -0.25) is 4.79 Å². The lowest BCUT2D eigenvalue weighted by Crippen LogP contribution is -2.45. The molecule has 0 aliphatic carbocycles. The average Bonchev–Trinajstić information content (AvgIpc) is 2.51. The van der Waals surface area contributed by atoms with Gasteiger partial charge in [-0.1, -0.05) is 57.2 Å². The van der Waals surface area contributed by atoms with Gasteiger partial charge >= 0.3 is 0 Å². The second kappa shape index (κ2) is 7.73. The van der Waals surface area contributed by atoms with E-state index in [1.54, 1.807) is 6.07 Å². The van der Waals surface area contributed by atoms with Crippen molar-refractivity contribution in [3.8, 4) is 5.75 Å². The van der Waals surface area contributed by atoms with Crippen LogP contribution in [0.3, 0.4) is 0 Å². The monoisotopic (exact) mass is 339 g/mol. The lowest BCUT2D eigenvalue weighted by atomic mass is 9.81. The Hall–Kier alpha value is -2.29. The van der Waals surface area contributed by atoms with Crippen LogP contribution >= 0.6 is 0 Å². The minimum atomic E-state index is -0.268. The Morgan fingerprint density at radius 3 is 2.28 bits per heavy atom. The summed E-state index contributed by atoms with van der Waals surface area (Å²) in [5.41, 5.74) is 1.60. The molecule has 25 heavy (non-hydrogen) atoms. The van der Waals surface area contributed by atoms with Gasteiger partial charge in [-0.15, -0.1) is 0 Å². The van der Waals surface area contributed by atoms with E-state index < -0.39 is 0 Å². The summed E-state index contributed by atoms with van der Waals surface area (Å²) in [4.78, 5) is 12.6. The maximum atomic E-state index is 12.6. The molecule has 0 spiro atoms. The van der Waals surface area contributed by atoms with Crippen molar-refractivity contribution >= 4 is 5.91 Å². The van der Waals surface area contributed by atoms with Crippen molar-refractivity contribution < 1.29 is 9.53 Å². The van der Waals surface area contributed by atoms with Gasteiger partial charge in [0.05, 0.1) is 0 Å². The summed E-state index contributed by atoms with van der Waals surface area (Å²) >= 11 is 0. The van der Waals surface area contributed by atoms with Crippen LogP contribution in [0.1, 0.15) is 57.0 Å². The Balaban J connectivity index is 2.01. The molecule has 2 aromatic carbocycles. The molecule has 0 radical (unpaired) electrons. The Morgan fingerprint density at radius 2 is 1.64 bits per heavy atom. The van der Waals surface area contributed by atoms with Crippen LogP contribution < -0.4 is 10.1 Å². The molecule has 3 nitrogen and oxygen atoms in total. The SMILES string of the molecule is CC(C)(C)CC(C)(C)NC(=O)c1cccc(OCc2ccccc2)c1. The van der Waals surface area contributed by atoms with Crippen molar-refractivity contribution in [2.75, 3.05) is 0 Å². The molecule has 1 amide bonds. The second-order valence-electron chi connectivity index (χ2n) is 8.38. The fourth-order valence-corrected chi connectivity index (χ4v) is 3.22. The zero-order valence-electron chi connectivity index (χ0n) is 15.9. The topological polar surface area (TPSA) is 38.3 Å². The van der Waals surface area contributed by atoms with E-state index in [1.807, 2.05) is 48.5 Å². The van der Waals surface area contributed by atoms with Gasteiger partial charge in [0.1, 0.15) is 12.4 Å². The highest BCUT2D eigenvalue weighted by Crippen LogP contribution is 2.27. The molecule has 2 rings (SSSR count). The Morgan fingerprint density at radius 1 is 0.960 bits per heavy atom. The molecule has 0 fully saturated rings. The molecule has 3 heteroatoms. The summed E-state index contributed by atoms with van der Waals surface area (Å²) in [6.45, 7) is 11.1. The summed E-state index contributed by atoms with van der Waals surface area (Å²) in [5, 5.41) is 3.14. The van der Waals surface area contributed by atoms with Crippen LogP contribution in [0.4, 0.5) is 0 Å². The van der Waals surface area contributed by atoms with E-state index in [9.17, 15) is 4.79 Å². The molecule has 0 saturated heterocycles. The maximum Gasteiger partial charge on any atom is 0.251 e. The molecule has 0 unspecified atom stereocenters. The predicted octanol–water partition coefficient (Wildman–Crippen LogP) is 5.21. The molecule has 0 saturated carbocycles. The highest BCUT2D eigenvalue weighted by Gasteiger charge is 2.27. The number of rotatable bonds is 6. The van der Waals surface area contributed by atoms with Crippen molar-refractivity contribution in [1.29, 1.82) is 0 Å². The standard InChI is InChI=1S/C22H29NO2/c1-21(2,3)16-22(4,5)23-20(24)18-12-9-13-19(14-18)25-15-17-10-7-6-8-11-17/h6-14H,15-16H2,1-5H3,(H,23,24). The van der Waals surface area contributed by atoms with E-state index in [0.717, 1.165) is 12.0 Å². The van der Waals surface area contributed by atoms with Crippen LogP contribution in [0, 0.1) is 5.41 Å². The van der Waals surface area contributed by atoms with Gasteiger partial charge in [-0.2, -0.15) is 0 Å². The lowest BCUT2D eigenvalue weighted by Gasteiger charge is -2.33. The zero-order chi connectivity index (χ0) is 18.5. The molecule has 0 heterocycles. The Kier molecular flexibility index (Phi) is 5.89. The van der Waals surface area contributed by atoms with Crippen LogP contribution in [0.2, 0.25) is 0 Å². The summed E-state index contributed by atoms with van der Waals surface area (Å²) in [6, 6.07) is 17.3. The molecule has 134 valence electrons. The van der Waals surface area contributed by atoms with Crippen molar-refractivity contribution in [2.45, 2.75) is 53.2 Å². The van der Waals surface area contributed by atoms with Crippen LogP contribution in [0.25, 0.3) is 0 Å². The van der Waals surface area contributed by atoms with Gasteiger partial charge in [0.25, 0.3) is 5.91 Å². The first kappa shape index (κ1) is 19.0. The minimum absolute atomic E-state index is 0.0700. The smallest absolute Gasteiger partial charge is 0.251 e. The third kappa shape index (κ3) is 6.61. The van der Waals surface area contributed by atoms with Gasteiger partial charge in [0.2, 0.25) is 0 Å². The third-order valence-corrected chi connectivity index (χ3v) is 3.77. The fourth-order valence-electron chi connectivity index (χ4n) is 3.22. The quantitative estimate of drug-likeness (QED) is 0.784. The van der Waals surface area contributed by atoms with Gasteiger partial charge in [-0.05, 0) is 49.4 Å². The van der Waals surface area contributed by atoms with Crippen LogP contribution in [0.15, 0.2) is 54.6 Å². The van der Waals surface area contributed by atoms with E-state index in [-0.39, 0.29) is 16.9 Å². The average molecular weight is 339 g/mol. The van der Waals surface area contributed by atoms with Crippen LogP contribution in [-0.4, -0.2) is 11.4 Å². The molecule has 2 aromatic rings. The predicted molar refractivity (Wildman–Crippen MR) is 103 cm³/mol. The van der Waals surface area contributed by atoms with Crippen LogP contribution in [0.5, 0.6) is 5.75 Å². The number of ether oxygens (including phenoxy) is 1. The summed E-state index contributed by atoms with van der Waals surface area (Å²) in [6.07, 6.45) is 0.899. The molecule has 0 aliphatic rings. The first-order valence-electron chi connectivity index (χ1n) is 8.74. The Labute approximate surface area is 151 Å². The number of hydrogen-bond donors (Lipinski definition) is 1. The van der Waals surface area contributed by atoms with Crippen molar-refractivity contribution in [3.63, 3.8) is 0 Å². The molecule has 0 bridgehead atoms. The number of amides is 1. The maximum absolute atomic E-state index is 12.6. The summed E-state index contributed by atoms with van der Waals surface area (Å²) in [5.74, 6) is 0.629. The number of benzene rings is 2. The van der Waals surface area contributed by atoms with E-state index in [4.69, 9.17) is 4.74 Å². The number of nitrogens with one attached hydrogen (secondary N) is 1. The van der Waals surface area contributed by atoms with Gasteiger partial charge in [-0.25, -0.2) is 0 Å². The van der Waals surface area contributed by atoms with E-state index >= 15 is 0 Å². The highest BCUT2D eigenvalue weighted by atomic mass is 16.5. The summed E-state index contributed by atoms with van der Waals surface area (Å²) < 4.78 is 5.81. The highest BCUT2D eigenvalue weighted by molar-refractivity contribution is 5.95. The van der Waals surface area contributed by atoms with E-state index in [0.29, 0.717) is 17.9 Å². The van der Waals surface area contributed by atoms with Gasteiger partial charge < -0.3 is 10.1 Å². The Bertz CT molecular complexity index is 699. The normalized spacial score (nSPS) is 11.9. The number of carbonyl (C=O) groups excluding carboxylic acids is 1. The second-order valence-corrected chi connectivity index (χ2v) is 8.38. The molecular weight excluding hydrogens is 310 g/mol. The molecule has 0 aromatic heterocycles. The fraction of sp³-hybridized carbons (Fsp3) is 0.409. The lowest BCUT2D eigenvalue weighted by molar-refractivity contribution is 0.0891. The molecule has 1 N–H and O–H groups in total. The first-order chi connectivity index (χ1) is 11.6. The number of carbonyl (C=O) groups is 1. The van der Waals surface area contributed by atoms with Gasteiger partial charge in [0, 0.05) is 11.1 Å². The summed E-state index contributed by atoms with van der Waals surface area (Å²) in [7, 11) is 0. The molecule has 0 atom stereocenters. The minimum Gasteiger partial charge on any atom is -0.489 e. The van der Waals surface area contributed by atoms with E-state index in [2.05, 4.69) is 39.9 Å².